The van der Waals surface area contributed by atoms with Crippen molar-refractivity contribution >= 4 is 0 Å². The molecule has 1 aliphatic rings. The summed E-state index contributed by atoms with van der Waals surface area (Å²) in [5.74, 6) is 0. The van der Waals surface area contributed by atoms with Gasteiger partial charge < -0.3 is 4.74 Å². The van der Waals surface area contributed by atoms with E-state index < -0.39 is 10.9 Å². The van der Waals surface area contributed by atoms with Gasteiger partial charge in [0.15, 0.2) is 0 Å². The third kappa shape index (κ3) is 0.695. The van der Waals surface area contributed by atoms with Crippen LogP contribution in [0.1, 0.15) is 6.92 Å². The lowest BCUT2D eigenvalue weighted by Crippen LogP contribution is -2.54. The number of ether oxygens (including phenoxy) is 1. The van der Waals surface area contributed by atoms with Gasteiger partial charge in [-0.2, -0.15) is 0 Å². The normalized spacial score (nSPS) is 25.5. The molecule has 48 valence electrons. The second-order valence-electron chi connectivity index (χ2n) is 2.22. The first kappa shape index (κ1) is 5.91. The minimum Gasteiger partial charge on any atom is -0.377 e. The van der Waals surface area contributed by atoms with Gasteiger partial charge in [-0.1, -0.05) is 0 Å². The van der Waals surface area contributed by atoms with Crippen LogP contribution in [0.5, 0.6) is 0 Å². The van der Waals surface area contributed by atoms with Crippen molar-refractivity contribution in [3.05, 3.63) is 0 Å². The highest BCUT2D eigenvalue weighted by molar-refractivity contribution is 4.85. The predicted octanol–water partition coefficient (Wildman–Crippen LogP) is 0.846. The van der Waals surface area contributed by atoms with E-state index in [9.17, 15) is 8.96 Å². The maximum Gasteiger partial charge on any atom is 0.127 e. The highest BCUT2D eigenvalue weighted by Crippen LogP contribution is 2.24. The van der Waals surface area contributed by atoms with Gasteiger partial charge >= 0.3 is 0 Å². The molecule has 8 heavy (non-hydrogen) atoms. The molecule has 0 radical (unpaired) electrons. The number of nitrogens with zero attached hydrogens (tertiary/aromatic N) is 1. The predicted molar refractivity (Wildman–Crippen MR) is 23.3 cm³/mol. The third-order valence-electron chi connectivity index (χ3n) is 1.23. The summed E-state index contributed by atoms with van der Waals surface area (Å²) < 4.78 is 27.8. The number of halogens is 2. The summed E-state index contributed by atoms with van der Waals surface area (Å²) in [5, 5.41) is -0.795. The molecule has 0 atom stereocenters. The Hall–Kier alpha value is -0.220. The summed E-state index contributed by atoms with van der Waals surface area (Å²) in [6.45, 7) is 1.73. The Morgan fingerprint density at radius 1 is 1.50 bits per heavy atom. The van der Waals surface area contributed by atoms with E-state index in [1.54, 1.807) is 0 Å². The van der Waals surface area contributed by atoms with Crippen LogP contribution in [0.25, 0.3) is 0 Å². The summed E-state index contributed by atoms with van der Waals surface area (Å²) in [7, 11) is 0. The quantitative estimate of drug-likeness (QED) is 0.479. The maximum absolute atomic E-state index is 11.6. The molecule has 2 nitrogen and oxygen atoms in total. The van der Waals surface area contributed by atoms with Gasteiger partial charge in [-0.3, -0.25) is 0 Å². The van der Waals surface area contributed by atoms with Crippen molar-refractivity contribution in [3.8, 4) is 0 Å². The monoisotopic (exact) mass is 123 g/mol. The highest BCUT2D eigenvalue weighted by atomic mass is 19.4. The van der Waals surface area contributed by atoms with Gasteiger partial charge in [-0.05, 0) is 6.92 Å². The Labute approximate surface area is 45.9 Å². The number of hydrogen-bond acceptors (Lipinski definition) is 2. The maximum atomic E-state index is 11.6. The second kappa shape index (κ2) is 1.63. The lowest BCUT2D eigenvalue weighted by Gasteiger charge is -2.36. The van der Waals surface area contributed by atoms with Gasteiger partial charge in [0.05, 0.1) is 13.2 Å². The third-order valence-corrected chi connectivity index (χ3v) is 1.23. The van der Waals surface area contributed by atoms with Gasteiger partial charge in [0.1, 0.15) is 5.54 Å². The molecule has 0 spiro atoms. The van der Waals surface area contributed by atoms with E-state index in [-0.39, 0.29) is 13.2 Å². The first-order chi connectivity index (χ1) is 3.65. The van der Waals surface area contributed by atoms with Crippen LogP contribution in [0.4, 0.5) is 8.96 Å². The van der Waals surface area contributed by atoms with Crippen molar-refractivity contribution in [1.82, 2.24) is 5.34 Å². The Morgan fingerprint density at radius 3 is 2.00 bits per heavy atom. The molecule has 0 bridgehead atoms. The van der Waals surface area contributed by atoms with Gasteiger partial charge in [0.25, 0.3) is 0 Å². The molecule has 1 saturated heterocycles. The van der Waals surface area contributed by atoms with Gasteiger partial charge in [-0.25, -0.2) is 0 Å². The average molecular weight is 123 g/mol. The molecule has 1 rings (SSSR count). The van der Waals surface area contributed by atoms with E-state index in [1.165, 1.54) is 6.92 Å². The Balaban J connectivity index is 2.41. The van der Waals surface area contributed by atoms with Crippen molar-refractivity contribution in [2.24, 2.45) is 0 Å². The smallest absolute Gasteiger partial charge is 0.127 e. The first-order valence-corrected chi connectivity index (χ1v) is 2.35. The van der Waals surface area contributed by atoms with Crippen LogP contribution >= 0.6 is 0 Å². The first-order valence-electron chi connectivity index (χ1n) is 2.35. The molecule has 0 aromatic carbocycles. The van der Waals surface area contributed by atoms with Crippen molar-refractivity contribution < 1.29 is 13.7 Å². The van der Waals surface area contributed by atoms with Crippen LogP contribution in [-0.2, 0) is 4.74 Å². The SMILES string of the molecule is CC1(N(F)F)COC1. The minimum absolute atomic E-state index is 0.139. The van der Waals surface area contributed by atoms with Crippen molar-refractivity contribution in [2.45, 2.75) is 12.5 Å². The van der Waals surface area contributed by atoms with Gasteiger partial charge in [-0.15, -0.1) is 8.96 Å². The minimum atomic E-state index is -1.00. The van der Waals surface area contributed by atoms with Crippen molar-refractivity contribution in [3.63, 3.8) is 0 Å². The van der Waals surface area contributed by atoms with Gasteiger partial charge in [0.2, 0.25) is 0 Å². The molecule has 0 N–H and O–H groups in total. The number of rotatable bonds is 1. The molecule has 0 saturated carbocycles. The van der Waals surface area contributed by atoms with Crippen LogP contribution in [0.3, 0.4) is 0 Å². The lowest BCUT2D eigenvalue weighted by molar-refractivity contribution is -0.293. The summed E-state index contributed by atoms with van der Waals surface area (Å²) in [4.78, 5) is 0. The fraction of sp³-hybridized carbons (Fsp3) is 1.00. The summed E-state index contributed by atoms with van der Waals surface area (Å²) in [6, 6.07) is 0. The average Bonchev–Trinajstić information content (AvgIpc) is 1.60. The summed E-state index contributed by atoms with van der Waals surface area (Å²) >= 11 is 0. The fourth-order valence-electron chi connectivity index (χ4n) is 0.495. The molecule has 0 aromatic heterocycles. The lowest BCUT2D eigenvalue weighted by atomic mass is 10.0. The fourth-order valence-corrected chi connectivity index (χ4v) is 0.495. The van der Waals surface area contributed by atoms with E-state index >= 15 is 0 Å². The standard InChI is InChI=1S/C4H7F2NO/c1-4(7(5)6)2-8-3-4/h2-3H2,1H3. The second-order valence-corrected chi connectivity index (χ2v) is 2.22. The largest absolute Gasteiger partial charge is 0.377 e. The van der Waals surface area contributed by atoms with Crippen LogP contribution in [0.15, 0.2) is 0 Å². The molecule has 0 aliphatic carbocycles. The molecule has 1 fully saturated rings. The van der Waals surface area contributed by atoms with Crippen molar-refractivity contribution in [2.75, 3.05) is 13.2 Å². The van der Waals surface area contributed by atoms with E-state index in [0.29, 0.717) is 0 Å². The zero-order valence-corrected chi connectivity index (χ0v) is 4.53. The molecule has 4 heteroatoms. The molecular formula is C4H7F2NO. The Kier molecular flexibility index (Phi) is 1.21. The highest BCUT2D eigenvalue weighted by Gasteiger charge is 2.41. The molecule has 1 aliphatic heterocycles. The Bertz CT molecular complexity index is 92.0. The van der Waals surface area contributed by atoms with Gasteiger partial charge in [0, 0.05) is 5.34 Å². The zero-order chi connectivity index (χ0) is 6.20. The van der Waals surface area contributed by atoms with Crippen LogP contribution in [0.2, 0.25) is 0 Å². The molecule has 0 amide bonds. The Morgan fingerprint density at radius 2 is 2.00 bits per heavy atom. The molecule has 1 heterocycles. The zero-order valence-electron chi connectivity index (χ0n) is 4.53. The summed E-state index contributed by atoms with van der Waals surface area (Å²) in [5.41, 5.74) is -1.00. The van der Waals surface area contributed by atoms with E-state index in [2.05, 4.69) is 4.74 Å². The molecule has 0 aromatic rings. The molecular weight excluding hydrogens is 116 g/mol. The number of hydrogen-bond donors (Lipinski definition) is 0. The van der Waals surface area contributed by atoms with Crippen LogP contribution in [-0.4, -0.2) is 24.1 Å². The van der Waals surface area contributed by atoms with E-state index in [0.717, 1.165) is 0 Å². The topological polar surface area (TPSA) is 12.5 Å². The van der Waals surface area contributed by atoms with Crippen LogP contribution in [0, 0.1) is 0 Å². The van der Waals surface area contributed by atoms with E-state index in [1.807, 2.05) is 0 Å². The molecule has 0 unspecified atom stereocenters. The van der Waals surface area contributed by atoms with E-state index in [4.69, 9.17) is 0 Å². The van der Waals surface area contributed by atoms with Crippen LogP contribution < -0.4 is 0 Å². The summed E-state index contributed by atoms with van der Waals surface area (Å²) in [6.07, 6.45) is 0. The van der Waals surface area contributed by atoms with Crippen molar-refractivity contribution in [1.29, 1.82) is 0 Å².